The first-order valence-electron chi connectivity index (χ1n) is 5.97. The molecule has 1 rings (SSSR count). The summed E-state index contributed by atoms with van der Waals surface area (Å²) in [4.78, 5) is 11.8. The molecule has 1 aromatic carbocycles. The topological polar surface area (TPSA) is 58.6 Å². The first kappa shape index (κ1) is 14.5. The average molecular weight is 251 g/mol. The largest absolute Gasteiger partial charge is 0.496 e. The van der Waals surface area contributed by atoms with E-state index in [1.54, 1.807) is 19.2 Å². The van der Waals surface area contributed by atoms with Gasteiger partial charge in [-0.25, -0.2) is 0 Å². The van der Waals surface area contributed by atoms with Gasteiger partial charge in [-0.05, 0) is 23.6 Å². The second-order valence-corrected chi connectivity index (χ2v) is 5.14. The molecule has 2 N–H and O–H groups in total. The lowest BCUT2D eigenvalue weighted by atomic mass is 9.85. The number of benzene rings is 1. The maximum Gasteiger partial charge on any atom is 0.251 e. The highest BCUT2D eigenvalue weighted by Crippen LogP contribution is 2.31. The van der Waals surface area contributed by atoms with E-state index < -0.39 is 0 Å². The van der Waals surface area contributed by atoms with E-state index in [-0.39, 0.29) is 24.5 Å². The van der Waals surface area contributed by atoms with E-state index in [0.29, 0.717) is 5.56 Å². The minimum absolute atomic E-state index is 0.0615. The van der Waals surface area contributed by atoms with Crippen LogP contribution in [-0.4, -0.2) is 31.3 Å². The number of rotatable bonds is 4. The minimum Gasteiger partial charge on any atom is -0.496 e. The van der Waals surface area contributed by atoms with Crippen LogP contribution in [0.1, 0.15) is 36.7 Å². The normalized spacial score (nSPS) is 11.2. The SMILES string of the molecule is COc1ccc(C(=O)NCCO)cc1C(C)(C)C. The Hall–Kier alpha value is -1.55. The van der Waals surface area contributed by atoms with Crippen LogP contribution in [0.5, 0.6) is 5.75 Å². The van der Waals surface area contributed by atoms with E-state index >= 15 is 0 Å². The lowest BCUT2D eigenvalue weighted by Gasteiger charge is -2.22. The Bertz CT molecular complexity index is 422. The first-order valence-corrected chi connectivity index (χ1v) is 5.97. The van der Waals surface area contributed by atoms with E-state index in [0.717, 1.165) is 11.3 Å². The van der Waals surface area contributed by atoms with Crippen molar-refractivity contribution >= 4 is 5.91 Å². The number of methoxy groups -OCH3 is 1. The second kappa shape index (κ2) is 5.87. The van der Waals surface area contributed by atoms with Crippen LogP contribution in [0.4, 0.5) is 0 Å². The van der Waals surface area contributed by atoms with Crippen molar-refractivity contribution in [3.8, 4) is 5.75 Å². The Balaban J connectivity index is 3.07. The number of hydrogen-bond acceptors (Lipinski definition) is 3. The van der Waals surface area contributed by atoms with Gasteiger partial charge in [0, 0.05) is 17.7 Å². The molecule has 4 nitrogen and oxygen atoms in total. The first-order chi connectivity index (χ1) is 8.40. The van der Waals surface area contributed by atoms with Gasteiger partial charge in [0.1, 0.15) is 5.75 Å². The highest BCUT2D eigenvalue weighted by Gasteiger charge is 2.20. The Labute approximate surface area is 108 Å². The minimum atomic E-state index is -0.183. The van der Waals surface area contributed by atoms with Gasteiger partial charge in [-0.1, -0.05) is 20.8 Å². The van der Waals surface area contributed by atoms with Gasteiger partial charge in [0.15, 0.2) is 0 Å². The van der Waals surface area contributed by atoms with Crippen LogP contribution in [0, 0.1) is 0 Å². The second-order valence-electron chi connectivity index (χ2n) is 5.14. The fraction of sp³-hybridized carbons (Fsp3) is 0.500. The van der Waals surface area contributed by atoms with E-state index in [1.165, 1.54) is 0 Å². The zero-order valence-electron chi connectivity index (χ0n) is 11.4. The van der Waals surface area contributed by atoms with Crippen molar-refractivity contribution in [2.45, 2.75) is 26.2 Å². The van der Waals surface area contributed by atoms with Crippen molar-refractivity contribution in [3.63, 3.8) is 0 Å². The summed E-state index contributed by atoms with van der Waals surface area (Å²) >= 11 is 0. The third-order valence-electron chi connectivity index (χ3n) is 2.67. The molecule has 18 heavy (non-hydrogen) atoms. The van der Waals surface area contributed by atoms with Gasteiger partial charge in [0.2, 0.25) is 0 Å². The average Bonchev–Trinajstić information content (AvgIpc) is 2.34. The van der Waals surface area contributed by atoms with Crippen LogP contribution in [0.15, 0.2) is 18.2 Å². The fourth-order valence-corrected chi connectivity index (χ4v) is 1.71. The molecule has 0 spiro atoms. The summed E-state index contributed by atoms with van der Waals surface area (Å²) in [6, 6.07) is 5.36. The molecule has 100 valence electrons. The summed E-state index contributed by atoms with van der Waals surface area (Å²) in [5.74, 6) is 0.596. The Morgan fingerprint density at radius 1 is 1.39 bits per heavy atom. The molecule has 1 aromatic rings. The number of aliphatic hydroxyl groups is 1. The standard InChI is InChI=1S/C14H21NO3/c1-14(2,3)11-9-10(5-6-12(11)18-4)13(17)15-7-8-16/h5-6,9,16H,7-8H2,1-4H3,(H,15,17). The Kier molecular flexibility index (Phi) is 4.73. The number of ether oxygens (including phenoxy) is 1. The van der Waals surface area contributed by atoms with Crippen LogP contribution in [0.3, 0.4) is 0 Å². The molecule has 0 unspecified atom stereocenters. The van der Waals surface area contributed by atoms with Gasteiger partial charge >= 0.3 is 0 Å². The van der Waals surface area contributed by atoms with Gasteiger partial charge in [0.05, 0.1) is 13.7 Å². The molecule has 0 aromatic heterocycles. The molecular formula is C14H21NO3. The van der Waals surface area contributed by atoms with Crippen LogP contribution < -0.4 is 10.1 Å². The summed E-state index contributed by atoms with van der Waals surface area (Å²) in [6.45, 7) is 6.41. The van der Waals surface area contributed by atoms with Gasteiger partial charge in [-0.15, -0.1) is 0 Å². The van der Waals surface area contributed by atoms with Crippen molar-refractivity contribution < 1.29 is 14.6 Å². The molecule has 0 saturated heterocycles. The molecule has 0 heterocycles. The molecule has 0 fully saturated rings. The van der Waals surface area contributed by atoms with Gasteiger partial charge in [-0.2, -0.15) is 0 Å². The Morgan fingerprint density at radius 2 is 2.06 bits per heavy atom. The molecule has 1 amide bonds. The molecule has 0 radical (unpaired) electrons. The molecule has 0 aliphatic heterocycles. The third-order valence-corrected chi connectivity index (χ3v) is 2.67. The smallest absolute Gasteiger partial charge is 0.251 e. The number of nitrogens with one attached hydrogen (secondary N) is 1. The highest BCUT2D eigenvalue weighted by molar-refractivity contribution is 5.94. The molecule has 0 atom stereocenters. The number of carbonyl (C=O) groups is 1. The van der Waals surface area contributed by atoms with Crippen LogP contribution in [-0.2, 0) is 5.41 Å². The summed E-state index contributed by atoms with van der Waals surface area (Å²) in [7, 11) is 1.62. The highest BCUT2D eigenvalue weighted by atomic mass is 16.5. The maximum absolute atomic E-state index is 11.8. The lowest BCUT2D eigenvalue weighted by Crippen LogP contribution is -2.27. The van der Waals surface area contributed by atoms with E-state index in [2.05, 4.69) is 26.1 Å². The van der Waals surface area contributed by atoms with Gasteiger partial charge < -0.3 is 15.2 Å². The molecule has 4 heteroatoms. The molecular weight excluding hydrogens is 230 g/mol. The fourth-order valence-electron chi connectivity index (χ4n) is 1.71. The quantitative estimate of drug-likeness (QED) is 0.856. The van der Waals surface area contributed by atoms with E-state index in [4.69, 9.17) is 9.84 Å². The van der Waals surface area contributed by atoms with E-state index in [9.17, 15) is 4.79 Å². The van der Waals surface area contributed by atoms with E-state index in [1.807, 2.05) is 6.07 Å². The van der Waals surface area contributed by atoms with Crippen LogP contribution in [0.2, 0.25) is 0 Å². The number of aliphatic hydroxyl groups excluding tert-OH is 1. The summed E-state index contributed by atoms with van der Waals surface area (Å²) in [6.07, 6.45) is 0. The third kappa shape index (κ3) is 3.47. The predicted octanol–water partition coefficient (Wildman–Crippen LogP) is 1.71. The zero-order valence-corrected chi connectivity index (χ0v) is 11.4. The van der Waals surface area contributed by atoms with Crippen LogP contribution in [0.25, 0.3) is 0 Å². The molecule has 0 aliphatic rings. The molecule has 0 saturated carbocycles. The van der Waals surface area contributed by atoms with Gasteiger partial charge in [0.25, 0.3) is 5.91 Å². The molecule has 0 aliphatic carbocycles. The predicted molar refractivity (Wildman–Crippen MR) is 71.1 cm³/mol. The molecule has 0 bridgehead atoms. The van der Waals surface area contributed by atoms with Crippen molar-refractivity contribution in [1.29, 1.82) is 0 Å². The van der Waals surface area contributed by atoms with Crippen LogP contribution >= 0.6 is 0 Å². The number of hydrogen-bond donors (Lipinski definition) is 2. The summed E-state index contributed by atoms with van der Waals surface area (Å²) in [5.41, 5.74) is 1.47. The zero-order chi connectivity index (χ0) is 13.8. The number of carbonyl (C=O) groups excluding carboxylic acids is 1. The summed E-state index contributed by atoms with van der Waals surface area (Å²) < 4.78 is 5.32. The lowest BCUT2D eigenvalue weighted by molar-refractivity contribution is 0.0944. The van der Waals surface area contributed by atoms with Gasteiger partial charge in [-0.3, -0.25) is 4.79 Å². The number of amides is 1. The maximum atomic E-state index is 11.8. The monoisotopic (exact) mass is 251 g/mol. The van der Waals surface area contributed by atoms with Crippen molar-refractivity contribution in [3.05, 3.63) is 29.3 Å². The Morgan fingerprint density at radius 3 is 2.56 bits per heavy atom. The van der Waals surface area contributed by atoms with Crippen molar-refractivity contribution in [2.75, 3.05) is 20.3 Å². The summed E-state index contributed by atoms with van der Waals surface area (Å²) in [5, 5.41) is 11.3. The van der Waals surface area contributed by atoms with Crippen molar-refractivity contribution in [2.24, 2.45) is 0 Å². The van der Waals surface area contributed by atoms with Crippen molar-refractivity contribution in [1.82, 2.24) is 5.32 Å².